The number of hydrogen-bond donors (Lipinski definition) is 2. The number of piperazine rings is 1. The molecule has 0 aromatic heterocycles. The van der Waals surface area contributed by atoms with E-state index in [9.17, 15) is 0 Å². The van der Waals surface area contributed by atoms with E-state index in [0.717, 1.165) is 51.8 Å². The summed E-state index contributed by atoms with van der Waals surface area (Å²) >= 11 is 0. The molecule has 0 aliphatic carbocycles. The van der Waals surface area contributed by atoms with Gasteiger partial charge in [0.15, 0.2) is 5.96 Å². The lowest BCUT2D eigenvalue weighted by molar-refractivity contribution is 0.131. The van der Waals surface area contributed by atoms with Crippen LogP contribution < -0.4 is 10.6 Å². The number of nitrogens with one attached hydrogen (secondary N) is 2. The van der Waals surface area contributed by atoms with Crippen LogP contribution in [0.4, 0.5) is 0 Å². The third kappa shape index (κ3) is 6.19. The molecule has 168 valence electrons. The Bertz CT molecular complexity index is 680. The molecule has 0 spiro atoms. The molecule has 1 aromatic carbocycles. The van der Waals surface area contributed by atoms with E-state index in [-0.39, 0.29) is 0 Å². The standard InChI is InChI=1S/C24H42N6/c1-6-28-11-13-29(14-12-28)17-22-10-8-7-9-21(22)15-26-24(25-5)27-23-18-30(19(2)3)16-20(23)4/h7-10,19-20,23H,6,11-18H2,1-5H3,(H2,25,26,27). The lowest BCUT2D eigenvalue weighted by Crippen LogP contribution is -2.47. The van der Waals surface area contributed by atoms with Gasteiger partial charge in [0.1, 0.15) is 0 Å². The van der Waals surface area contributed by atoms with Crippen molar-refractivity contribution < 1.29 is 0 Å². The van der Waals surface area contributed by atoms with E-state index in [4.69, 9.17) is 0 Å². The van der Waals surface area contributed by atoms with Crippen molar-refractivity contribution in [2.75, 3.05) is 52.9 Å². The molecule has 2 aliphatic heterocycles. The molecule has 2 saturated heterocycles. The van der Waals surface area contributed by atoms with Gasteiger partial charge in [-0.3, -0.25) is 14.8 Å². The topological polar surface area (TPSA) is 46.1 Å². The van der Waals surface area contributed by atoms with Crippen LogP contribution in [0.1, 0.15) is 38.8 Å². The molecule has 2 N–H and O–H groups in total. The van der Waals surface area contributed by atoms with Crippen molar-refractivity contribution in [1.82, 2.24) is 25.3 Å². The maximum atomic E-state index is 4.49. The molecule has 0 amide bonds. The molecule has 1 aromatic rings. The van der Waals surface area contributed by atoms with Gasteiger partial charge in [0.2, 0.25) is 0 Å². The van der Waals surface area contributed by atoms with Crippen LogP contribution in [0.25, 0.3) is 0 Å². The maximum absolute atomic E-state index is 4.49. The van der Waals surface area contributed by atoms with Crippen LogP contribution in [0.2, 0.25) is 0 Å². The number of rotatable bonds is 7. The molecule has 30 heavy (non-hydrogen) atoms. The molecule has 2 atom stereocenters. The summed E-state index contributed by atoms with van der Waals surface area (Å²) in [6.45, 7) is 19.1. The van der Waals surface area contributed by atoms with Gasteiger partial charge < -0.3 is 15.5 Å². The molecule has 2 fully saturated rings. The van der Waals surface area contributed by atoms with Gasteiger partial charge >= 0.3 is 0 Å². The van der Waals surface area contributed by atoms with Gasteiger partial charge in [0.05, 0.1) is 0 Å². The third-order valence-electron chi connectivity index (χ3n) is 6.79. The normalized spacial score (nSPS) is 24.5. The summed E-state index contributed by atoms with van der Waals surface area (Å²) in [5, 5.41) is 7.23. The van der Waals surface area contributed by atoms with E-state index >= 15 is 0 Å². The molecule has 6 heteroatoms. The number of likely N-dealkylation sites (tertiary alicyclic amines) is 1. The molecule has 2 aliphatic rings. The fraction of sp³-hybridized carbons (Fsp3) is 0.708. The first kappa shape index (κ1) is 23.0. The minimum absolute atomic E-state index is 0.448. The summed E-state index contributed by atoms with van der Waals surface area (Å²) in [7, 11) is 1.87. The van der Waals surface area contributed by atoms with Crippen molar-refractivity contribution in [2.24, 2.45) is 10.9 Å². The van der Waals surface area contributed by atoms with Crippen molar-refractivity contribution >= 4 is 5.96 Å². The van der Waals surface area contributed by atoms with Crippen LogP contribution in [0.5, 0.6) is 0 Å². The highest BCUT2D eigenvalue weighted by Gasteiger charge is 2.31. The quantitative estimate of drug-likeness (QED) is 0.529. The average molecular weight is 415 g/mol. The monoisotopic (exact) mass is 414 g/mol. The smallest absolute Gasteiger partial charge is 0.191 e. The lowest BCUT2D eigenvalue weighted by atomic mass is 10.1. The SMILES string of the molecule is CCN1CCN(Cc2ccccc2CNC(=NC)NC2CN(C(C)C)CC2C)CC1. The molecule has 2 heterocycles. The summed E-state index contributed by atoms with van der Waals surface area (Å²) in [6, 6.07) is 9.87. The Morgan fingerprint density at radius 3 is 2.33 bits per heavy atom. The first-order chi connectivity index (χ1) is 14.5. The fourth-order valence-electron chi connectivity index (χ4n) is 4.55. The Morgan fingerprint density at radius 2 is 1.73 bits per heavy atom. The van der Waals surface area contributed by atoms with Crippen LogP contribution in [0, 0.1) is 5.92 Å². The molecule has 0 bridgehead atoms. The highest BCUT2D eigenvalue weighted by atomic mass is 15.3. The zero-order chi connectivity index (χ0) is 21.5. The van der Waals surface area contributed by atoms with E-state index < -0.39 is 0 Å². The lowest BCUT2D eigenvalue weighted by Gasteiger charge is -2.34. The number of aliphatic imine (C=N–C) groups is 1. The second kappa shape index (κ2) is 11.1. The zero-order valence-corrected chi connectivity index (χ0v) is 19.7. The molecule has 3 rings (SSSR count). The molecule has 0 radical (unpaired) electrons. The predicted octanol–water partition coefficient (Wildman–Crippen LogP) is 2.22. The van der Waals surface area contributed by atoms with Gasteiger partial charge in [-0.1, -0.05) is 38.1 Å². The molecule has 0 saturated carbocycles. The zero-order valence-electron chi connectivity index (χ0n) is 19.7. The number of nitrogens with zero attached hydrogens (tertiary/aromatic N) is 4. The molecular weight excluding hydrogens is 372 g/mol. The summed E-state index contributed by atoms with van der Waals surface area (Å²) in [4.78, 5) is 12.2. The van der Waals surface area contributed by atoms with Gasteiger partial charge in [-0.25, -0.2) is 0 Å². The summed E-state index contributed by atoms with van der Waals surface area (Å²) in [5.41, 5.74) is 2.78. The van der Waals surface area contributed by atoms with Gasteiger partial charge in [0.25, 0.3) is 0 Å². The largest absolute Gasteiger partial charge is 0.352 e. The van der Waals surface area contributed by atoms with Crippen molar-refractivity contribution in [2.45, 2.75) is 52.9 Å². The van der Waals surface area contributed by atoms with Crippen LogP contribution >= 0.6 is 0 Å². The first-order valence-corrected chi connectivity index (χ1v) is 11.7. The summed E-state index contributed by atoms with van der Waals surface area (Å²) < 4.78 is 0. The van der Waals surface area contributed by atoms with Gasteiger partial charge in [-0.05, 0) is 37.4 Å². The van der Waals surface area contributed by atoms with Crippen LogP contribution in [0.15, 0.2) is 29.3 Å². The van der Waals surface area contributed by atoms with Crippen LogP contribution in [-0.4, -0.2) is 85.6 Å². The third-order valence-corrected chi connectivity index (χ3v) is 6.79. The van der Waals surface area contributed by atoms with E-state index in [0.29, 0.717) is 18.0 Å². The number of guanidine groups is 1. The maximum Gasteiger partial charge on any atom is 0.191 e. The van der Waals surface area contributed by atoms with Crippen LogP contribution in [-0.2, 0) is 13.1 Å². The minimum Gasteiger partial charge on any atom is -0.352 e. The van der Waals surface area contributed by atoms with Crippen molar-refractivity contribution in [3.63, 3.8) is 0 Å². The van der Waals surface area contributed by atoms with Crippen LogP contribution in [0.3, 0.4) is 0 Å². The minimum atomic E-state index is 0.448. The average Bonchev–Trinajstić information content (AvgIpc) is 3.13. The van der Waals surface area contributed by atoms with Gasteiger partial charge in [-0.15, -0.1) is 0 Å². The first-order valence-electron chi connectivity index (χ1n) is 11.7. The summed E-state index contributed by atoms with van der Waals surface area (Å²) in [5.74, 6) is 1.53. The Morgan fingerprint density at radius 1 is 1.07 bits per heavy atom. The van der Waals surface area contributed by atoms with Crippen molar-refractivity contribution in [3.05, 3.63) is 35.4 Å². The number of likely N-dealkylation sites (N-methyl/N-ethyl adjacent to an activating group) is 1. The van der Waals surface area contributed by atoms with E-state index in [1.54, 1.807) is 0 Å². The Hall–Kier alpha value is -1.63. The predicted molar refractivity (Wildman–Crippen MR) is 127 cm³/mol. The highest BCUT2D eigenvalue weighted by molar-refractivity contribution is 5.80. The van der Waals surface area contributed by atoms with E-state index in [2.05, 4.69) is 82.3 Å². The van der Waals surface area contributed by atoms with Gasteiger partial charge in [-0.2, -0.15) is 0 Å². The van der Waals surface area contributed by atoms with Crippen molar-refractivity contribution in [3.8, 4) is 0 Å². The number of benzene rings is 1. The van der Waals surface area contributed by atoms with Crippen molar-refractivity contribution in [1.29, 1.82) is 0 Å². The second-order valence-electron chi connectivity index (χ2n) is 9.18. The Balaban J connectivity index is 1.53. The Kier molecular flexibility index (Phi) is 8.54. The Labute approximate surface area is 183 Å². The molecule has 2 unspecified atom stereocenters. The highest BCUT2D eigenvalue weighted by Crippen LogP contribution is 2.19. The molecular formula is C24H42N6. The fourth-order valence-corrected chi connectivity index (χ4v) is 4.55. The second-order valence-corrected chi connectivity index (χ2v) is 9.18. The number of hydrogen-bond acceptors (Lipinski definition) is 4. The summed E-state index contributed by atoms with van der Waals surface area (Å²) in [6.07, 6.45) is 0. The van der Waals surface area contributed by atoms with E-state index in [1.165, 1.54) is 24.2 Å². The molecule has 6 nitrogen and oxygen atoms in total. The van der Waals surface area contributed by atoms with Gasteiger partial charge in [0, 0.05) is 71.5 Å². The van der Waals surface area contributed by atoms with E-state index in [1.807, 2.05) is 7.05 Å².